The number of nitrogen functional groups attached to an aromatic ring is 1. The molecule has 0 saturated carbocycles. The van der Waals surface area contributed by atoms with E-state index in [1.807, 2.05) is 0 Å². The predicted octanol–water partition coefficient (Wildman–Crippen LogP) is 1.33. The molecule has 0 unspecified atom stereocenters. The normalized spacial score (nSPS) is 10.2. The summed E-state index contributed by atoms with van der Waals surface area (Å²) in [6.45, 7) is 0.199. The first-order valence-electron chi connectivity index (χ1n) is 4.89. The van der Waals surface area contributed by atoms with Gasteiger partial charge in [-0.2, -0.15) is 0 Å². The van der Waals surface area contributed by atoms with Gasteiger partial charge in [-0.15, -0.1) is 0 Å². The van der Waals surface area contributed by atoms with E-state index in [0.29, 0.717) is 5.76 Å². The standard InChI is InChI=1S/C11H10FN3O2/c12-9-5-7(1-2-10(9)13)11(16)14-6-8-3-4-15-17-8/h1-5H,6,13H2,(H,14,16). The zero-order valence-corrected chi connectivity index (χ0v) is 8.81. The van der Waals surface area contributed by atoms with E-state index in [2.05, 4.69) is 10.5 Å². The summed E-state index contributed by atoms with van der Waals surface area (Å²) in [7, 11) is 0. The molecule has 0 spiro atoms. The van der Waals surface area contributed by atoms with Crippen LogP contribution in [0.5, 0.6) is 0 Å². The average molecular weight is 235 g/mol. The molecule has 5 nitrogen and oxygen atoms in total. The molecule has 6 heteroatoms. The Labute approximate surface area is 96.4 Å². The van der Waals surface area contributed by atoms with Gasteiger partial charge in [0.1, 0.15) is 5.82 Å². The highest BCUT2D eigenvalue weighted by molar-refractivity contribution is 5.94. The lowest BCUT2D eigenvalue weighted by Crippen LogP contribution is -2.22. The number of rotatable bonds is 3. The van der Waals surface area contributed by atoms with Crippen LogP contribution < -0.4 is 11.1 Å². The molecule has 17 heavy (non-hydrogen) atoms. The predicted molar refractivity (Wildman–Crippen MR) is 58.5 cm³/mol. The van der Waals surface area contributed by atoms with Gasteiger partial charge in [0, 0.05) is 11.6 Å². The number of hydrogen-bond donors (Lipinski definition) is 2. The molecule has 3 N–H and O–H groups in total. The molecule has 2 aromatic rings. The zero-order chi connectivity index (χ0) is 12.3. The summed E-state index contributed by atoms with van der Waals surface area (Å²) >= 11 is 0. The summed E-state index contributed by atoms with van der Waals surface area (Å²) in [6.07, 6.45) is 1.48. The molecule has 1 aromatic heterocycles. The van der Waals surface area contributed by atoms with Gasteiger partial charge < -0.3 is 15.6 Å². The van der Waals surface area contributed by atoms with E-state index < -0.39 is 11.7 Å². The number of hydrogen-bond acceptors (Lipinski definition) is 4. The Balaban J connectivity index is 2.02. The first-order valence-corrected chi connectivity index (χ1v) is 4.89. The van der Waals surface area contributed by atoms with Crippen LogP contribution in [-0.2, 0) is 6.54 Å². The van der Waals surface area contributed by atoms with Crippen LogP contribution in [0.2, 0.25) is 0 Å². The first-order chi connectivity index (χ1) is 8.16. The van der Waals surface area contributed by atoms with Gasteiger partial charge in [0.2, 0.25) is 0 Å². The highest BCUT2D eigenvalue weighted by Gasteiger charge is 2.08. The second-order valence-corrected chi connectivity index (χ2v) is 3.40. The molecule has 1 aromatic carbocycles. The lowest BCUT2D eigenvalue weighted by molar-refractivity contribution is 0.0946. The van der Waals surface area contributed by atoms with Gasteiger partial charge in [-0.25, -0.2) is 4.39 Å². The van der Waals surface area contributed by atoms with Crippen LogP contribution >= 0.6 is 0 Å². The Kier molecular flexibility index (Phi) is 3.04. The smallest absolute Gasteiger partial charge is 0.251 e. The topological polar surface area (TPSA) is 81.2 Å². The van der Waals surface area contributed by atoms with Crippen molar-refractivity contribution in [3.05, 3.63) is 47.6 Å². The molecule has 2 rings (SSSR count). The van der Waals surface area contributed by atoms with Crippen LogP contribution in [0.15, 0.2) is 35.0 Å². The number of anilines is 1. The molecule has 0 saturated heterocycles. The molecule has 0 aliphatic rings. The third-order valence-electron chi connectivity index (χ3n) is 2.18. The second-order valence-electron chi connectivity index (χ2n) is 3.40. The summed E-state index contributed by atoms with van der Waals surface area (Å²) in [5.74, 6) is -0.494. The van der Waals surface area contributed by atoms with E-state index in [1.54, 1.807) is 6.07 Å². The molecular weight excluding hydrogens is 225 g/mol. The number of carbonyl (C=O) groups is 1. The van der Waals surface area contributed by atoms with Crippen LogP contribution in [0.3, 0.4) is 0 Å². The molecule has 88 valence electrons. The minimum Gasteiger partial charge on any atom is -0.396 e. The van der Waals surface area contributed by atoms with Gasteiger partial charge in [-0.05, 0) is 18.2 Å². The monoisotopic (exact) mass is 235 g/mol. The van der Waals surface area contributed by atoms with Crippen molar-refractivity contribution in [3.63, 3.8) is 0 Å². The highest BCUT2D eigenvalue weighted by atomic mass is 19.1. The summed E-state index contributed by atoms with van der Waals surface area (Å²) in [4.78, 5) is 11.6. The van der Waals surface area contributed by atoms with Crippen molar-refractivity contribution in [2.24, 2.45) is 0 Å². The van der Waals surface area contributed by atoms with Crippen molar-refractivity contribution in [2.75, 3.05) is 5.73 Å². The summed E-state index contributed by atoms with van der Waals surface area (Å²) < 4.78 is 17.9. The molecular formula is C11H10FN3O2. The maximum Gasteiger partial charge on any atom is 0.251 e. The van der Waals surface area contributed by atoms with Gasteiger partial charge in [-0.3, -0.25) is 4.79 Å². The third-order valence-corrected chi connectivity index (χ3v) is 2.18. The Hall–Kier alpha value is -2.37. The van der Waals surface area contributed by atoms with E-state index in [-0.39, 0.29) is 17.8 Å². The number of nitrogens with zero attached hydrogens (tertiary/aromatic N) is 1. The maximum absolute atomic E-state index is 13.1. The fourth-order valence-corrected chi connectivity index (χ4v) is 1.27. The number of aromatic nitrogens is 1. The van der Waals surface area contributed by atoms with Crippen molar-refractivity contribution in [3.8, 4) is 0 Å². The Morgan fingerprint density at radius 3 is 2.94 bits per heavy atom. The number of amides is 1. The maximum atomic E-state index is 13.1. The van der Waals surface area contributed by atoms with Crippen molar-refractivity contribution in [2.45, 2.75) is 6.54 Å². The van der Waals surface area contributed by atoms with Crippen molar-refractivity contribution in [1.82, 2.24) is 10.5 Å². The second kappa shape index (κ2) is 4.65. The van der Waals surface area contributed by atoms with Crippen LogP contribution in [0.25, 0.3) is 0 Å². The zero-order valence-electron chi connectivity index (χ0n) is 8.81. The number of benzene rings is 1. The Morgan fingerprint density at radius 1 is 1.47 bits per heavy atom. The fourth-order valence-electron chi connectivity index (χ4n) is 1.27. The lowest BCUT2D eigenvalue weighted by Gasteiger charge is -2.04. The van der Waals surface area contributed by atoms with Crippen LogP contribution in [-0.4, -0.2) is 11.1 Å². The first kappa shape index (κ1) is 11.1. The van der Waals surface area contributed by atoms with E-state index >= 15 is 0 Å². The Morgan fingerprint density at radius 2 is 2.29 bits per heavy atom. The minimum atomic E-state index is -0.614. The van der Waals surface area contributed by atoms with E-state index in [4.69, 9.17) is 10.3 Å². The van der Waals surface area contributed by atoms with Crippen LogP contribution in [0.1, 0.15) is 16.1 Å². The third kappa shape index (κ3) is 2.60. The molecule has 0 aliphatic carbocycles. The number of halogens is 1. The SMILES string of the molecule is Nc1ccc(C(=O)NCc2ccno2)cc1F. The van der Waals surface area contributed by atoms with Crippen LogP contribution in [0.4, 0.5) is 10.1 Å². The minimum absolute atomic E-state index is 0.0109. The fraction of sp³-hybridized carbons (Fsp3) is 0.0909. The number of nitrogens with one attached hydrogen (secondary N) is 1. The summed E-state index contributed by atoms with van der Waals surface area (Å²) in [6, 6.07) is 5.52. The van der Waals surface area contributed by atoms with Gasteiger partial charge in [-0.1, -0.05) is 5.16 Å². The number of carbonyl (C=O) groups excluding carboxylic acids is 1. The summed E-state index contributed by atoms with van der Waals surface area (Å²) in [5, 5.41) is 6.06. The molecule has 1 amide bonds. The van der Waals surface area contributed by atoms with Crippen molar-refractivity contribution >= 4 is 11.6 Å². The molecule has 1 heterocycles. The van der Waals surface area contributed by atoms with Crippen molar-refractivity contribution < 1.29 is 13.7 Å². The molecule has 0 bridgehead atoms. The van der Waals surface area contributed by atoms with E-state index in [1.165, 1.54) is 18.3 Å². The molecule has 0 radical (unpaired) electrons. The van der Waals surface area contributed by atoms with Gasteiger partial charge in [0.05, 0.1) is 18.4 Å². The van der Waals surface area contributed by atoms with Crippen LogP contribution in [0, 0.1) is 5.82 Å². The van der Waals surface area contributed by atoms with Gasteiger partial charge >= 0.3 is 0 Å². The summed E-state index contributed by atoms with van der Waals surface area (Å²) in [5.41, 5.74) is 5.53. The highest BCUT2D eigenvalue weighted by Crippen LogP contribution is 2.11. The average Bonchev–Trinajstić information content (AvgIpc) is 2.82. The molecule has 0 atom stereocenters. The van der Waals surface area contributed by atoms with Gasteiger partial charge in [0.15, 0.2) is 5.76 Å². The quantitative estimate of drug-likeness (QED) is 0.786. The molecule has 0 aliphatic heterocycles. The van der Waals surface area contributed by atoms with Crippen molar-refractivity contribution in [1.29, 1.82) is 0 Å². The van der Waals surface area contributed by atoms with E-state index in [0.717, 1.165) is 6.07 Å². The van der Waals surface area contributed by atoms with Gasteiger partial charge in [0.25, 0.3) is 5.91 Å². The Bertz CT molecular complexity index is 526. The largest absolute Gasteiger partial charge is 0.396 e. The number of nitrogens with two attached hydrogens (primary N) is 1. The lowest BCUT2D eigenvalue weighted by atomic mass is 10.2. The molecule has 0 fully saturated rings. The van der Waals surface area contributed by atoms with E-state index in [9.17, 15) is 9.18 Å².